The van der Waals surface area contributed by atoms with Crippen LogP contribution in [0.25, 0.3) is 11.0 Å². The maximum Gasteiger partial charge on any atom is 0.291 e. The summed E-state index contributed by atoms with van der Waals surface area (Å²) in [5.41, 5.74) is 2.17. The molecule has 2 aromatic carbocycles. The number of nitrogens with zero attached hydrogens (tertiary/aromatic N) is 1. The topological polar surface area (TPSA) is 62.6 Å². The van der Waals surface area contributed by atoms with Gasteiger partial charge in [-0.2, -0.15) is 0 Å². The van der Waals surface area contributed by atoms with Gasteiger partial charge in [-0.05, 0) is 38.0 Å². The van der Waals surface area contributed by atoms with Crippen LogP contribution in [0, 0.1) is 6.92 Å². The van der Waals surface area contributed by atoms with Gasteiger partial charge in [0.05, 0.1) is 16.3 Å². The second-order valence-corrected chi connectivity index (χ2v) is 7.08. The fourth-order valence-electron chi connectivity index (χ4n) is 3.47. The summed E-state index contributed by atoms with van der Waals surface area (Å²) in [4.78, 5) is 27.4. The Balaban J connectivity index is 1.65. The second kappa shape index (κ2) is 7.08. The zero-order valence-electron chi connectivity index (χ0n) is 14.9. The van der Waals surface area contributed by atoms with Crippen molar-refractivity contribution in [3.05, 3.63) is 64.4 Å². The molecule has 1 aliphatic heterocycles. The summed E-state index contributed by atoms with van der Waals surface area (Å²) in [5.74, 6) is -0.268. The first-order valence-electron chi connectivity index (χ1n) is 8.93. The number of rotatable bonds is 3. The standard InChI is InChI=1S/C21H19ClN2O3/c1-13-14-8-6-9-16(22)19(14)27-18(13)20(25)23-17-10-3-2-7-15(17)21(26)24-11-4-5-12-24/h2-3,6-10H,4-5,11-12H2,1H3,(H,23,25). The molecule has 5 nitrogen and oxygen atoms in total. The largest absolute Gasteiger partial charge is 0.449 e. The first kappa shape index (κ1) is 17.6. The normalized spacial score (nSPS) is 13.9. The Hall–Kier alpha value is -2.79. The van der Waals surface area contributed by atoms with E-state index >= 15 is 0 Å². The van der Waals surface area contributed by atoms with Crippen molar-refractivity contribution < 1.29 is 14.0 Å². The molecule has 6 heteroatoms. The van der Waals surface area contributed by atoms with E-state index in [1.807, 2.05) is 24.0 Å². The third-order valence-corrected chi connectivity index (χ3v) is 5.22. The van der Waals surface area contributed by atoms with Gasteiger partial charge in [-0.3, -0.25) is 9.59 Å². The number of benzene rings is 2. The molecule has 0 spiro atoms. The average molecular weight is 383 g/mol. The van der Waals surface area contributed by atoms with Gasteiger partial charge in [-0.25, -0.2) is 0 Å². The monoisotopic (exact) mass is 382 g/mol. The summed E-state index contributed by atoms with van der Waals surface area (Å²) in [7, 11) is 0. The van der Waals surface area contributed by atoms with Gasteiger partial charge in [0.2, 0.25) is 0 Å². The first-order valence-corrected chi connectivity index (χ1v) is 9.31. The van der Waals surface area contributed by atoms with Gasteiger partial charge in [0.25, 0.3) is 11.8 Å². The van der Waals surface area contributed by atoms with E-state index in [-0.39, 0.29) is 11.7 Å². The molecule has 2 amide bonds. The molecule has 1 aliphatic rings. The molecule has 138 valence electrons. The summed E-state index contributed by atoms with van der Waals surface area (Å²) < 4.78 is 5.72. The van der Waals surface area contributed by atoms with Gasteiger partial charge in [-0.1, -0.05) is 35.9 Å². The molecular weight excluding hydrogens is 364 g/mol. The maximum absolute atomic E-state index is 12.8. The van der Waals surface area contributed by atoms with Crippen LogP contribution >= 0.6 is 11.6 Å². The van der Waals surface area contributed by atoms with Crippen LogP contribution in [-0.2, 0) is 0 Å². The number of hydrogen-bond acceptors (Lipinski definition) is 3. The van der Waals surface area contributed by atoms with Gasteiger partial charge < -0.3 is 14.6 Å². The van der Waals surface area contributed by atoms with Gasteiger partial charge in [0.15, 0.2) is 11.3 Å². The molecule has 1 saturated heterocycles. The number of anilines is 1. The fourth-order valence-corrected chi connectivity index (χ4v) is 3.69. The van der Waals surface area contributed by atoms with E-state index in [2.05, 4.69) is 5.32 Å². The van der Waals surface area contributed by atoms with Crippen molar-refractivity contribution in [1.82, 2.24) is 4.90 Å². The van der Waals surface area contributed by atoms with Gasteiger partial charge in [0.1, 0.15) is 0 Å². The quantitative estimate of drug-likeness (QED) is 0.702. The minimum atomic E-state index is -0.401. The predicted octanol–water partition coefficient (Wildman–Crippen LogP) is 4.88. The van der Waals surface area contributed by atoms with Crippen LogP contribution in [-0.4, -0.2) is 29.8 Å². The molecule has 3 aromatic rings. The maximum atomic E-state index is 12.8. The van der Waals surface area contributed by atoms with Crippen molar-refractivity contribution in [2.24, 2.45) is 0 Å². The van der Waals surface area contributed by atoms with Crippen molar-refractivity contribution >= 4 is 40.1 Å². The molecule has 0 atom stereocenters. The molecule has 1 fully saturated rings. The van der Waals surface area contributed by atoms with Crippen LogP contribution in [0.4, 0.5) is 5.69 Å². The zero-order chi connectivity index (χ0) is 19.0. The highest BCUT2D eigenvalue weighted by Gasteiger charge is 2.24. The summed E-state index contributed by atoms with van der Waals surface area (Å²) >= 11 is 6.17. The Kier molecular flexibility index (Phi) is 4.62. The Bertz CT molecular complexity index is 1040. The number of hydrogen-bond donors (Lipinski definition) is 1. The van der Waals surface area contributed by atoms with Crippen LogP contribution in [0.5, 0.6) is 0 Å². The van der Waals surface area contributed by atoms with Gasteiger partial charge in [-0.15, -0.1) is 0 Å². The average Bonchev–Trinajstić information content (AvgIpc) is 3.31. The summed E-state index contributed by atoms with van der Waals surface area (Å²) in [5, 5.41) is 4.09. The van der Waals surface area contributed by atoms with E-state index in [0.29, 0.717) is 27.4 Å². The molecule has 1 aromatic heterocycles. The number of carbonyl (C=O) groups excluding carboxylic acids is 2. The lowest BCUT2D eigenvalue weighted by Crippen LogP contribution is -2.28. The first-order chi connectivity index (χ1) is 13.1. The number of halogens is 1. The van der Waals surface area contributed by atoms with E-state index in [1.165, 1.54) is 0 Å². The predicted molar refractivity (Wildman–Crippen MR) is 105 cm³/mol. The number of carbonyl (C=O) groups is 2. The van der Waals surface area contributed by atoms with E-state index in [9.17, 15) is 9.59 Å². The Morgan fingerprint density at radius 2 is 1.81 bits per heavy atom. The molecule has 0 unspecified atom stereocenters. The second-order valence-electron chi connectivity index (χ2n) is 6.67. The highest BCUT2D eigenvalue weighted by Crippen LogP contribution is 2.31. The zero-order valence-corrected chi connectivity index (χ0v) is 15.7. The Morgan fingerprint density at radius 3 is 2.56 bits per heavy atom. The van der Waals surface area contributed by atoms with E-state index in [4.69, 9.17) is 16.0 Å². The van der Waals surface area contributed by atoms with Crippen LogP contribution in [0.2, 0.25) is 5.02 Å². The highest BCUT2D eigenvalue weighted by molar-refractivity contribution is 6.35. The van der Waals surface area contributed by atoms with Crippen molar-refractivity contribution in [3.8, 4) is 0 Å². The summed E-state index contributed by atoms with van der Waals surface area (Å²) in [6.45, 7) is 3.32. The molecular formula is C21H19ClN2O3. The third kappa shape index (κ3) is 3.19. The van der Waals surface area contributed by atoms with E-state index < -0.39 is 5.91 Å². The fraction of sp³-hybridized carbons (Fsp3) is 0.238. The lowest BCUT2D eigenvalue weighted by Gasteiger charge is -2.17. The van der Waals surface area contributed by atoms with Crippen LogP contribution in [0.3, 0.4) is 0 Å². The number of para-hydroxylation sites is 2. The highest BCUT2D eigenvalue weighted by atomic mass is 35.5. The SMILES string of the molecule is Cc1c(C(=O)Nc2ccccc2C(=O)N2CCCC2)oc2c(Cl)cccc12. The number of aryl methyl sites for hydroxylation is 1. The smallest absolute Gasteiger partial charge is 0.291 e. The summed E-state index contributed by atoms with van der Waals surface area (Å²) in [6, 6.07) is 12.5. The van der Waals surface area contributed by atoms with Crippen LogP contribution in [0.1, 0.15) is 39.3 Å². The van der Waals surface area contributed by atoms with Crippen molar-refractivity contribution in [3.63, 3.8) is 0 Å². The molecule has 4 rings (SSSR count). The number of nitrogens with one attached hydrogen (secondary N) is 1. The van der Waals surface area contributed by atoms with Crippen molar-refractivity contribution in [2.75, 3.05) is 18.4 Å². The molecule has 0 bridgehead atoms. The molecule has 0 radical (unpaired) electrons. The van der Waals surface area contributed by atoms with Gasteiger partial charge in [0, 0.05) is 24.0 Å². The Labute approximate surface area is 161 Å². The summed E-state index contributed by atoms with van der Waals surface area (Å²) in [6.07, 6.45) is 2.03. The minimum Gasteiger partial charge on any atom is -0.449 e. The van der Waals surface area contributed by atoms with Crippen LogP contribution in [0.15, 0.2) is 46.9 Å². The molecule has 27 heavy (non-hydrogen) atoms. The lowest BCUT2D eigenvalue weighted by molar-refractivity contribution is 0.0794. The Morgan fingerprint density at radius 1 is 1.07 bits per heavy atom. The number of amides is 2. The van der Waals surface area contributed by atoms with Gasteiger partial charge >= 0.3 is 0 Å². The number of fused-ring (bicyclic) bond motifs is 1. The molecule has 0 saturated carbocycles. The van der Waals surface area contributed by atoms with Crippen molar-refractivity contribution in [1.29, 1.82) is 0 Å². The number of furan rings is 1. The van der Waals surface area contributed by atoms with E-state index in [1.54, 1.807) is 30.3 Å². The minimum absolute atomic E-state index is 0.0622. The molecule has 0 aliphatic carbocycles. The third-order valence-electron chi connectivity index (χ3n) is 4.92. The number of likely N-dealkylation sites (tertiary alicyclic amines) is 1. The van der Waals surface area contributed by atoms with E-state index in [0.717, 1.165) is 31.3 Å². The molecule has 2 heterocycles. The lowest BCUT2D eigenvalue weighted by atomic mass is 10.1. The van der Waals surface area contributed by atoms with Crippen LogP contribution < -0.4 is 5.32 Å². The molecule has 1 N–H and O–H groups in total. The van der Waals surface area contributed by atoms with Crippen molar-refractivity contribution in [2.45, 2.75) is 19.8 Å².